The Morgan fingerprint density at radius 2 is 1.83 bits per heavy atom. The Morgan fingerprint density at radius 3 is 2.50 bits per heavy atom. The fourth-order valence-corrected chi connectivity index (χ4v) is 4.09. The number of benzene rings is 1. The van der Waals surface area contributed by atoms with Gasteiger partial charge in [0.25, 0.3) is 0 Å². The van der Waals surface area contributed by atoms with Crippen molar-refractivity contribution in [3.8, 4) is 0 Å². The number of fused-ring (bicyclic) bond motifs is 1. The topological polar surface area (TPSA) is 9.23 Å². The Hall–Kier alpha value is -1.03. The van der Waals surface area contributed by atoms with Crippen LogP contribution in [-0.4, -0.2) is 6.61 Å². The summed E-state index contributed by atoms with van der Waals surface area (Å²) in [6.07, 6.45) is 8.20. The largest absolute Gasteiger partial charge is 0.373 e. The summed E-state index contributed by atoms with van der Waals surface area (Å²) in [5.41, 5.74) is 0.0508. The lowest BCUT2D eigenvalue weighted by atomic mass is 9.95. The van der Waals surface area contributed by atoms with Crippen molar-refractivity contribution in [1.82, 2.24) is 0 Å². The molecule has 3 unspecified atom stereocenters. The Bertz CT molecular complexity index is 537. The van der Waals surface area contributed by atoms with E-state index in [1.165, 1.54) is 50.7 Å². The lowest BCUT2D eigenvalue weighted by Crippen LogP contribution is -2.13. The van der Waals surface area contributed by atoms with Gasteiger partial charge in [0.2, 0.25) is 0 Å². The van der Waals surface area contributed by atoms with Crippen LogP contribution in [0.25, 0.3) is 0 Å². The second-order valence-electron chi connectivity index (χ2n) is 7.46. The molecule has 0 bridgehead atoms. The highest BCUT2D eigenvalue weighted by molar-refractivity contribution is 5.29. The van der Waals surface area contributed by atoms with Crippen LogP contribution < -0.4 is 0 Å². The molecule has 3 rings (SSSR count). The van der Waals surface area contributed by atoms with Gasteiger partial charge in [0, 0.05) is 0 Å². The van der Waals surface area contributed by atoms with Crippen molar-refractivity contribution < 1.29 is 17.9 Å². The van der Waals surface area contributed by atoms with Gasteiger partial charge in [-0.15, -0.1) is 0 Å². The third-order valence-corrected chi connectivity index (χ3v) is 5.61. The van der Waals surface area contributed by atoms with Crippen LogP contribution in [0, 0.1) is 29.4 Å². The van der Waals surface area contributed by atoms with Crippen molar-refractivity contribution >= 4 is 0 Å². The van der Waals surface area contributed by atoms with E-state index in [1.807, 2.05) is 0 Å². The van der Waals surface area contributed by atoms with Gasteiger partial charge in [-0.05, 0) is 54.7 Å². The van der Waals surface area contributed by atoms with Crippen LogP contribution in [0.15, 0.2) is 12.1 Å². The standard InChI is InChI=1S/C20H27F3O/c1-2-3-4-5-6-13-7-14-8-16(14)20(24-12-13)15-9-18(22)17(11-21)19(23)10-15/h9-10,13-14,16,20H,2-8,11-12H2,1H3/t13?,14?,16-,20?/m0/s1. The molecule has 1 heterocycles. The van der Waals surface area contributed by atoms with E-state index in [-0.39, 0.29) is 6.10 Å². The van der Waals surface area contributed by atoms with Gasteiger partial charge in [-0.2, -0.15) is 0 Å². The van der Waals surface area contributed by atoms with E-state index in [4.69, 9.17) is 4.74 Å². The highest BCUT2D eigenvalue weighted by Crippen LogP contribution is 2.54. The monoisotopic (exact) mass is 340 g/mol. The van der Waals surface area contributed by atoms with Crippen LogP contribution in [0.2, 0.25) is 0 Å². The molecular formula is C20H27F3O. The Labute approximate surface area is 142 Å². The highest BCUT2D eigenvalue weighted by atomic mass is 19.1. The van der Waals surface area contributed by atoms with Crippen molar-refractivity contribution in [2.75, 3.05) is 6.61 Å². The lowest BCUT2D eigenvalue weighted by molar-refractivity contribution is 0.0229. The number of ether oxygens (including phenoxy) is 1. The molecule has 2 fully saturated rings. The quantitative estimate of drug-likeness (QED) is 0.543. The second kappa shape index (κ2) is 7.90. The molecule has 1 nitrogen and oxygen atoms in total. The molecule has 1 saturated heterocycles. The molecule has 0 radical (unpaired) electrons. The van der Waals surface area contributed by atoms with Crippen LogP contribution in [0.5, 0.6) is 0 Å². The number of alkyl halides is 1. The first-order valence-corrected chi connectivity index (χ1v) is 9.29. The van der Waals surface area contributed by atoms with Gasteiger partial charge in [-0.25, -0.2) is 13.2 Å². The van der Waals surface area contributed by atoms with Crippen LogP contribution >= 0.6 is 0 Å². The third kappa shape index (κ3) is 3.96. The number of halogens is 3. The highest BCUT2D eigenvalue weighted by Gasteiger charge is 2.47. The summed E-state index contributed by atoms with van der Waals surface area (Å²) in [6, 6.07) is 2.53. The maximum Gasteiger partial charge on any atom is 0.132 e. The van der Waals surface area contributed by atoms with Crippen LogP contribution in [0.3, 0.4) is 0 Å². The molecule has 0 N–H and O–H groups in total. The van der Waals surface area contributed by atoms with Gasteiger partial charge >= 0.3 is 0 Å². The first-order valence-electron chi connectivity index (χ1n) is 9.29. The van der Waals surface area contributed by atoms with E-state index in [2.05, 4.69) is 6.92 Å². The van der Waals surface area contributed by atoms with Gasteiger partial charge in [-0.1, -0.05) is 32.6 Å². The van der Waals surface area contributed by atoms with Gasteiger partial charge in [0.1, 0.15) is 18.3 Å². The fourth-order valence-electron chi connectivity index (χ4n) is 4.09. The van der Waals surface area contributed by atoms with Gasteiger partial charge < -0.3 is 4.74 Å². The van der Waals surface area contributed by atoms with Gasteiger partial charge in [-0.3, -0.25) is 0 Å². The minimum atomic E-state index is -1.12. The van der Waals surface area contributed by atoms with Crippen molar-refractivity contribution in [2.24, 2.45) is 17.8 Å². The molecule has 1 aromatic rings. The van der Waals surface area contributed by atoms with Crippen LogP contribution in [-0.2, 0) is 11.4 Å². The summed E-state index contributed by atoms with van der Waals surface area (Å²) >= 11 is 0. The number of hydrogen-bond acceptors (Lipinski definition) is 1. The van der Waals surface area contributed by atoms with E-state index in [0.717, 1.165) is 6.42 Å². The molecule has 4 atom stereocenters. The van der Waals surface area contributed by atoms with E-state index in [1.54, 1.807) is 0 Å². The molecule has 1 aromatic carbocycles. The molecule has 4 heteroatoms. The molecule has 24 heavy (non-hydrogen) atoms. The Kier molecular flexibility index (Phi) is 5.85. The van der Waals surface area contributed by atoms with Crippen molar-refractivity contribution in [3.05, 3.63) is 34.9 Å². The zero-order valence-corrected chi connectivity index (χ0v) is 14.4. The third-order valence-electron chi connectivity index (χ3n) is 5.61. The first-order chi connectivity index (χ1) is 11.6. The van der Waals surface area contributed by atoms with E-state index >= 15 is 0 Å². The smallest absolute Gasteiger partial charge is 0.132 e. The second-order valence-corrected chi connectivity index (χ2v) is 7.46. The number of hydrogen-bond donors (Lipinski definition) is 0. The molecular weight excluding hydrogens is 313 g/mol. The SMILES string of the molecule is CCCCCCC1COC(c2cc(F)c(CF)c(F)c2)[C@H]2CC2C1. The molecule has 1 aliphatic heterocycles. The molecule has 2 aliphatic rings. The first kappa shape index (κ1) is 17.8. The minimum absolute atomic E-state index is 0.242. The summed E-state index contributed by atoms with van der Waals surface area (Å²) < 4.78 is 46.5. The molecule has 0 spiro atoms. The zero-order chi connectivity index (χ0) is 17.1. The summed E-state index contributed by atoms with van der Waals surface area (Å²) in [6.45, 7) is 1.76. The molecule has 0 amide bonds. The summed E-state index contributed by atoms with van der Waals surface area (Å²) in [4.78, 5) is 0. The van der Waals surface area contributed by atoms with Crippen molar-refractivity contribution in [3.63, 3.8) is 0 Å². The minimum Gasteiger partial charge on any atom is -0.373 e. The van der Waals surface area contributed by atoms with E-state index < -0.39 is 23.9 Å². The molecule has 1 aliphatic carbocycles. The Morgan fingerprint density at radius 1 is 1.08 bits per heavy atom. The molecule has 134 valence electrons. The van der Waals surface area contributed by atoms with E-state index in [9.17, 15) is 13.2 Å². The fraction of sp³-hybridized carbons (Fsp3) is 0.700. The Balaban J connectivity index is 1.64. The average Bonchev–Trinajstić information content (AvgIpc) is 3.30. The lowest BCUT2D eigenvalue weighted by Gasteiger charge is -2.20. The number of rotatable bonds is 7. The summed E-state index contributed by atoms with van der Waals surface area (Å²) in [5, 5.41) is 0. The predicted molar refractivity (Wildman–Crippen MR) is 88.3 cm³/mol. The van der Waals surface area contributed by atoms with Gasteiger partial charge in [0.05, 0.1) is 18.3 Å². The molecule has 1 saturated carbocycles. The maximum absolute atomic E-state index is 13.9. The zero-order valence-electron chi connectivity index (χ0n) is 14.4. The van der Waals surface area contributed by atoms with Crippen LogP contribution in [0.1, 0.15) is 69.1 Å². The number of unbranched alkanes of at least 4 members (excludes halogenated alkanes) is 3. The van der Waals surface area contributed by atoms with E-state index in [0.29, 0.717) is 29.9 Å². The predicted octanol–water partition coefficient (Wildman–Crippen LogP) is 6.12. The van der Waals surface area contributed by atoms with Crippen molar-refractivity contribution in [2.45, 2.75) is 64.6 Å². The summed E-state index contributed by atoms with van der Waals surface area (Å²) in [7, 11) is 0. The molecule has 0 aromatic heterocycles. The average molecular weight is 340 g/mol. The normalized spacial score (nSPS) is 29.2. The van der Waals surface area contributed by atoms with Crippen LogP contribution in [0.4, 0.5) is 13.2 Å². The maximum atomic E-state index is 13.9. The van der Waals surface area contributed by atoms with Gasteiger partial charge in [0.15, 0.2) is 0 Å². The van der Waals surface area contributed by atoms with Crippen molar-refractivity contribution in [1.29, 1.82) is 0 Å². The summed E-state index contributed by atoms with van der Waals surface area (Å²) in [5.74, 6) is -0.0645.